The molecule has 0 aromatic heterocycles. The maximum atomic E-state index is 8.68. The Balaban J connectivity index is 2.13. The molecule has 3 nitrogen and oxygen atoms in total. The van der Waals surface area contributed by atoms with E-state index in [1.54, 1.807) is 0 Å². The fourth-order valence-electron chi connectivity index (χ4n) is 1.41. The molecule has 0 amide bonds. The van der Waals surface area contributed by atoms with E-state index in [1.165, 1.54) is 12.8 Å². The Hall–Kier alpha value is -0.120. The third-order valence-corrected chi connectivity index (χ3v) is 2.07. The molecule has 1 rings (SSSR count). The third-order valence-electron chi connectivity index (χ3n) is 2.07. The van der Waals surface area contributed by atoms with E-state index in [2.05, 4.69) is 0 Å². The monoisotopic (exact) mass is 159 g/mol. The zero-order valence-corrected chi connectivity index (χ0v) is 6.83. The second-order valence-electron chi connectivity index (χ2n) is 3.17. The number of hydrogen-bond acceptors (Lipinski definition) is 3. The molecule has 3 heteroatoms. The molecule has 2 atom stereocenters. The molecule has 1 fully saturated rings. The largest absolute Gasteiger partial charge is 0.395 e. The lowest BCUT2D eigenvalue weighted by molar-refractivity contribution is 0.00418. The van der Waals surface area contributed by atoms with Gasteiger partial charge in [0.1, 0.15) is 0 Å². The molecule has 0 aliphatic carbocycles. The van der Waals surface area contributed by atoms with Gasteiger partial charge in [0.25, 0.3) is 0 Å². The second kappa shape index (κ2) is 4.70. The van der Waals surface area contributed by atoms with E-state index >= 15 is 0 Å². The summed E-state index contributed by atoms with van der Waals surface area (Å²) in [5.74, 6) is 0. The van der Waals surface area contributed by atoms with Crippen molar-refractivity contribution >= 4 is 0 Å². The summed E-state index contributed by atoms with van der Waals surface area (Å²) in [6.45, 7) is 0.933. The molecule has 66 valence electrons. The predicted octanol–water partition coefficient (Wildman–Crippen LogP) is 0.265. The highest BCUT2D eigenvalue weighted by Gasteiger charge is 2.16. The van der Waals surface area contributed by atoms with E-state index in [0.29, 0.717) is 6.10 Å². The molecule has 0 aromatic carbocycles. The Morgan fingerprint density at radius 3 is 2.91 bits per heavy atom. The van der Waals surface area contributed by atoms with Gasteiger partial charge in [-0.1, -0.05) is 0 Å². The summed E-state index contributed by atoms with van der Waals surface area (Å²) in [6.07, 6.45) is 4.61. The molecule has 1 heterocycles. The molecule has 0 radical (unpaired) electrons. The minimum atomic E-state index is -0.0990. The van der Waals surface area contributed by atoms with Gasteiger partial charge in [0.15, 0.2) is 0 Å². The molecule has 1 aliphatic heterocycles. The van der Waals surface area contributed by atoms with Crippen LogP contribution in [-0.4, -0.2) is 30.5 Å². The summed E-state index contributed by atoms with van der Waals surface area (Å²) in [7, 11) is 0. The molecule has 11 heavy (non-hydrogen) atoms. The first kappa shape index (κ1) is 8.97. The van der Waals surface area contributed by atoms with Gasteiger partial charge in [0, 0.05) is 12.6 Å². The molecular weight excluding hydrogens is 142 g/mol. The van der Waals surface area contributed by atoms with Crippen molar-refractivity contribution in [2.75, 3.05) is 13.2 Å². The molecule has 0 bridgehead atoms. The number of nitrogens with two attached hydrogens (primary N) is 1. The average Bonchev–Trinajstić information content (AvgIpc) is 2.06. The van der Waals surface area contributed by atoms with Gasteiger partial charge < -0.3 is 15.6 Å². The van der Waals surface area contributed by atoms with Gasteiger partial charge in [-0.25, -0.2) is 0 Å². The predicted molar refractivity (Wildman–Crippen MR) is 43.3 cm³/mol. The van der Waals surface area contributed by atoms with Gasteiger partial charge in [-0.3, -0.25) is 0 Å². The standard InChI is InChI=1S/C8H17NO2/c9-7(6-10)5-8-3-1-2-4-11-8/h7-8,10H,1-6,9H2/t7-,8?/m0/s1. The van der Waals surface area contributed by atoms with Crippen LogP contribution in [0.5, 0.6) is 0 Å². The Labute approximate surface area is 67.5 Å². The topological polar surface area (TPSA) is 55.5 Å². The lowest BCUT2D eigenvalue weighted by Crippen LogP contribution is -2.32. The van der Waals surface area contributed by atoms with Crippen LogP contribution in [0.3, 0.4) is 0 Å². The first-order valence-electron chi connectivity index (χ1n) is 4.31. The summed E-state index contributed by atoms with van der Waals surface area (Å²) in [5, 5.41) is 8.68. The maximum absolute atomic E-state index is 8.68. The highest BCUT2D eigenvalue weighted by Crippen LogP contribution is 2.16. The molecule has 0 aromatic rings. The van der Waals surface area contributed by atoms with Gasteiger partial charge in [0.05, 0.1) is 12.7 Å². The van der Waals surface area contributed by atoms with E-state index in [0.717, 1.165) is 19.4 Å². The Morgan fingerprint density at radius 1 is 1.55 bits per heavy atom. The normalized spacial score (nSPS) is 28.4. The maximum Gasteiger partial charge on any atom is 0.0590 e. The van der Waals surface area contributed by atoms with Crippen LogP contribution < -0.4 is 5.73 Å². The number of aliphatic hydroxyl groups excluding tert-OH is 1. The van der Waals surface area contributed by atoms with Crippen LogP contribution >= 0.6 is 0 Å². The fraction of sp³-hybridized carbons (Fsp3) is 1.00. The molecule has 0 spiro atoms. The molecule has 3 N–H and O–H groups in total. The Bertz CT molecular complexity index is 102. The minimum Gasteiger partial charge on any atom is -0.395 e. The lowest BCUT2D eigenvalue weighted by atomic mass is 10.0. The minimum absolute atomic E-state index is 0.0693. The zero-order chi connectivity index (χ0) is 8.10. The molecule has 1 aliphatic rings. The molecule has 1 unspecified atom stereocenters. The number of ether oxygens (including phenoxy) is 1. The number of aliphatic hydroxyl groups is 1. The van der Waals surface area contributed by atoms with Crippen LogP contribution in [0.25, 0.3) is 0 Å². The van der Waals surface area contributed by atoms with Crippen LogP contribution in [0.1, 0.15) is 25.7 Å². The fourth-order valence-corrected chi connectivity index (χ4v) is 1.41. The quantitative estimate of drug-likeness (QED) is 0.621. The van der Waals surface area contributed by atoms with Crippen LogP contribution in [0, 0.1) is 0 Å². The van der Waals surface area contributed by atoms with E-state index in [4.69, 9.17) is 15.6 Å². The van der Waals surface area contributed by atoms with Crippen molar-refractivity contribution in [3.63, 3.8) is 0 Å². The van der Waals surface area contributed by atoms with Crippen molar-refractivity contribution < 1.29 is 9.84 Å². The van der Waals surface area contributed by atoms with Crippen LogP contribution in [0.4, 0.5) is 0 Å². The average molecular weight is 159 g/mol. The van der Waals surface area contributed by atoms with E-state index in [1.807, 2.05) is 0 Å². The van der Waals surface area contributed by atoms with Crippen molar-refractivity contribution in [2.24, 2.45) is 5.73 Å². The SMILES string of the molecule is N[C@H](CO)CC1CCCCO1. The summed E-state index contributed by atoms with van der Waals surface area (Å²) in [4.78, 5) is 0. The van der Waals surface area contributed by atoms with E-state index < -0.39 is 0 Å². The van der Waals surface area contributed by atoms with E-state index in [9.17, 15) is 0 Å². The number of rotatable bonds is 3. The summed E-state index contributed by atoms with van der Waals surface area (Å²) in [5.41, 5.74) is 5.57. The first-order valence-corrected chi connectivity index (χ1v) is 4.31. The highest BCUT2D eigenvalue weighted by molar-refractivity contribution is 4.70. The van der Waals surface area contributed by atoms with Crippen molar-refractivity contribution in [1.82, 2.24) is 0 Å². The molecule has 1 saturated heterocycles. The third kappa shape index (κ3) is 3.18. The zero-order valence-electron chi connectivity index (χ0n) is 6.83. The second-order valence-corrected chi connectivity index (χ2v) is 3.17. The van der Waals surface area contributed by atoms with E-state index in [-0.39, 0.29) is 12.6 Å². The Morgan fingerprint density at radius 2 is 2.36 bits per heavy atom. The first-order chi connectivity index (χ1) is 5.33. The van der Waals surface area contributed by atoms with Crippen LogP contribution in [0.2, 0.25) is 0 Å². The number of hydrogen-bond donors (Lipinski definition) is 2. The smallest absolute Gasteiger partial charge is 0.0590 e. The summed E-state index contributed by atoms with van der Waals surface area (Å²) in [6, 6.07) is -0.0990. The van der Waals surface area contributed by atoms with Gasteiger partial charge in [0.2, 0.25) is 0 Å². The van der Waals surface area contributed by atoms with Gasteiger partial charge in [-0.2, -0.15) is 0 Å². The van der Waals surface area contributed by atoms with Crippen molar-refractivity contribution in [1.29, 1.82) is 0 Å². The highest BCUT2D eigenvalue weighted by atomic mass is 16.5. The molecule has 0 saturated carbocycles. The van der Waals surface area contributed by atoms with Crippen molar-refractivity contribution in [3.05, 3.63) is 0 Å². The van der Waals surface area contributed by atoms with Gasteiger partial charge in [-0.05, 0) is 25.7 Å². The Kier molecular flexibility index (Phi) is 3.83. The van der Waals surface area contributed by atoms with Crippen molar-refractivity contribution in [3.8, 4) is 0 Å². The van der Waals surface area contributed by atoms with Gasteiger partial charge in [-0.15, -0.1) is 0 Å². The summed E-state index contributed by atoms with van der Waals surface area (Å²) >= 11 is 0. The lowest BCUT2D eigenvalue weighted by Gasteiger charge is -2.24. The van der Waals surface area contributed by atoms with Crippen LogP contribution in [-0.2, 0) is 4.74 Å². The summed E-state index contributed by atoms with van der Waals surface area (Å²) < 4.78 is 5.46. The van der Waals surface area contributed by atoms with Crippen LogP contribution in [0.15, 0.2) is 0 Å². The van der Waals surface area contributed by atoms with Gasteiger partial charge >= 0.3 is 0 Å². The molecular formula is C8H17NO2. The van der Waals surface area contributed by atoms with Crippen molar-refractivity contribution in [2.45, 2.75) is 37.8 Å².